The smallest absolute Gasteiger partial charge is 0.256 e. The Labute approximate surface area is 159 Å². The Morgan fingerprint density at radius 1 is 1.15 bits per heavy atom. The predicted molar refractivity (Wildman–Crippen MR) is 101 cm³/mol. The SMILES string of the molecule is COc1cc(NC(=O)CSc2ncc(-c3ccc(F)cc3)o2)cc(OC)c1. The van der Waals surface area contributed by atoms with Crippen LogP contribution in [0, 0.1) is 5.82 Å². The Morgan fingerprint density at radius 3 is 2.44 bits per heavy atom. The number of anilines is 1. The van der Waals surface area contributed by atoms with Crippen LogP contribution in [-0.2, 0) is 4.79 Å². The molecule has 1 N–H and O–H groups in total. The van der Waals surface area contributed by atoms with E-state index in [0.717, 1.165) is 11.8 Å². The molecule has 0 atom stereocenters. The summed E-state index contributed by atoms with van der Waals surface area (Å²) in [5.41, 5.74) is 1.28. The molecular weight excluding hydrogens is 371 g/mol. The van der Waals surface area contributed by atoms with Crippen molar-refractivity contribution < 1.29 is 23.1 Å². The summed E-state index contributed by atoms with van der Waals surface area (Å²) >= 11 is 1.16. The first-order valence-corrected chi connectivity index (χ1v) is 8.93. The highest BCUT2D eigenvalue weighted by molar-refractivity contribution is 7.99. The van der Waals surface area contributed by atoms with Crippen molar-refractivity contribution in [2.45, 2.75) is 5.22 Å². The highest BCUT2D eigenvalue weighted by Crippen LogP contribution is 2.27. The number of oxazole rings is 1. The fraction of sp³-hybridized carbons (Fsp3) is 0.158. The van der Waals surface area contributed by atoms with Gasteiger partial charge in [-0.1, -0.05) is 11.8 Å². The highest BCUT2D eigenvalue weighted by atomic mass is 32.2. The van der Waals surface area contributed by atoms with E-state index in [1.165, 1.54) is 26.4 Å². The molecule has 140 valence electrons. The van der Waals surface area contributed by atoms with Crippen LogP contribution in [0.3, 0.4) is 0 Å². The van der Waals surface area contributed by atoms with Crippen molar-refractivity contribution in [1.29, 1.82) is 0 Å². The summed E-state index contributed by atoms with van der Waals surface area (Å²) in [5, 5.41) is 3.13. The van der Waals surface area contributed by atoms with E-state index in [2.05, 4.69) is 10.3 Å². The molecule has 8 heteroatoms. The molecule has 27 heavy (non-hydrogen) atoms. The van der Waals surface area contributed by atoms with Crippen molar-refractivity contribution in [3.05, 3.63) is 54.5 Å². The lowest BCUT2D eigenvalue weighted by Crippen LogP contribution is -2.14. The van der Waals surface area contributed by atoms with Crippen molar-refractivity contribution >= 4 is 23.4 Å². The monoisotopic (exact) mass is 388 g/mol. The van der Waals surface area contributed by atoms with Gasteiger partial charge in [-0.2, -0.15) is 0 Å². The lowest BCUT2D eigenvalue weighted by atomic mass is 10.2. The number of benzene rings is 2. The molecule has 1 aromatic heterocycles. The second kappa shape index (κ2) is 8.59. The van der Waals surface area contributed by atoms with Gasteiger partial charge >= 0.3 is 0 Å². The lowest BCUT2D eigenvalue weighted by Gasteiger charge is -2.09. The quantitative estimate of drug-likeness (QED) is 0.611. The van der Waals surface area contributed by atoms with Crippen molar-refractivity contribution in [3.63, 3.8) is 0 Å². The molecule has 2 aromatic carbocycles. The molecule has 1 heterocycles. The molecule has 0 aliphatic heterocycles. The number of rotatable bonds is 7. The Morgan fingerprint density at radius 2 is 1.81 bits per heavy atom. The minimum atomic E-state index is -0.321. The number of amides is 1. The maximum atomic E-state index is 13.0. The number of nitrogens with zero attached hydrogens (tertiary/aromatic N) is 1. The second-order valence-corrected chi connectivity index (χ2v) is 6.36. The number of thioether (sulfide) groups is 1. The van der Waals surface area contributed by atoms with Gasteiger partial charge in [0, 0.05) is 29.4 Å². The molecule has 0 unspecified atom stereocenters. The molecule has 0 spiro atoms. The molecule has 0 saturated heterocycles. The van der Waals surface area contributed by atoms with Gasteiger partial charge in [-0.25, -0.2) is 9.37 Å². The first-order valence-electron chi connectivity index (χ1n) is 7.95. The van der Waals surface area contributed by atoms with E-state index in [4.69, 9.17) is 13.9 Å². The summed E-state index contributed by atoms with van der Waals surface area (Å²) in [6, 6.07) is 11.0. The molecule has 0 bridgehead atoms. The molecule has 0 aliphatic rings. The second-order valence-electron chi connectivity index (χ2n) is 5.44. The molecule has 1 amide bonds. The van der Waals surface area contributed by atoms with Crippen molar-refractivity contribution in [2.75, 3.05) is 25.3 Å². The zero-order valence-electron chi connectivity index (χ0n) is 14.7. The third kappa shape index (κ3) is 5.01. The van der Waals surface area contributed by atoms with Gasteiger partial charge in [-0.15, -0.1) is 0 Å². The van der Waals surface area contributed by atoms with Gasteiger partial charge in [0.1, 0.15) is 17.3 Å². The predicted octanol–water partition coefficient (Wildman–Crippen LogP) is 4.23. The van der Waals surface area contributed by atoms with Crippen LogP contribution in [0.1, 0.15) is 0 Å². The number of hydrogen-bond donors (Lipinski definition) is 1. The van der Waals surface area contributed by atoms with Gasteiger partial charge in [-0.3, -0.25) is 4.79 Å². The first kappa shape index (κ1) is 18.8. The number of carbonyl (C=O) groups is 1. The van der Waals surface area contributed by atoms with E-state index < -0.39 is 0 Å². The third-order valence-corrected chi connectivity index (χ3v) is 4.42. The van der Waals surface area contributed by atoms with E-state index in [-0.39, 0.29) is 17.5 Å². The molecular formula is C19H17FN2O4S. The molecule has 6 nitrogen and oxygen atoms in total. The summed E-state index contributed by atoms with van der Waals surface area (Å²) in [7, 11) is 3.08. The Bertz CT molecular complexity index is 905. The first-order chi connectivity index (χ1) is 13.1. The normalized spacial score (nSPS) is 10.5. The standard InChI is InChI=1S/C19H17FN2O4S/c1-24-15-7-14(8-16(9-15)25-2)22-18(23)11-27-19-21-10-17(26-19)12-3-5-13(20)6-4-12/h3-10H,11H2,1-2H3,(H,22,23). The van der Waals surface area contributed by atoms with Crippen LogP contribution in [-0.4, -0.2) is 30.9 Å². The van der Waals surface area contributed by atoms with E-state index in [0.29, 0.717) is 33.7 Å². The number of halogens is 1. The molecule has 0 radical (unpaired) electrons. The zero-order valence-corrected chi connectivity index (χ0v) is 15.5. The Kier molecular flexibility index (Phi) is 5.97. The van der Waals surface area contributed by atoms with Gasteiger partial charge in [0.2, 0.25) is 5.91 Å². The van der Waals surface area contributed by atoms with Crippen LogP contribution in [0.4, 0.5) is 10.1 Å². The number of methoxy groups -OCH3 is 2. The molecule has 3 rings (SSSR count). The maximum absolute atomic E-state index is 13.0. The Balaban J connectivity index is 1.59. The minimum Gasteiger partial charge on any atom is -0.497 e. The largest absolute Gasteiger partial charge is 0.497 e. The number of carbonyl (C=O) groups excluding carboxylic acids is 1. The van der Waals surface area contributed by atoms with Crippen LogP contribution in [0.5, 0.6) is 11.5 Å². The van der Waals surface area contributed by atoms with Gasteiger partial charge < -0.3 is 19.2 Å². The van der Waals surface area contributed by atoms with Crippen LogP contribution < -0.4 is 14.8 Å². The number of nitrogens with one attached hydrogen (secondary N) is 1. The van der Waals surface area contributed by atoms with Crippen molar-refractivity contribution in [3.8, 4) is 22.8 Å². The average molecular weight is 388 g/mol. The van der Waals surface area contributed by atoms with E-state index in [1.54, 1.807) is 36.5 Å². The van der Waals surface area contributed by atoms with Crippen molar-refractivity contribution in [2.24, 2.45) is 0 Å². The molecule has 3 aromatic rings. The van der Waals surface area contributed by atoms with Gasteiger partial charge in [-0.05, 0) is 24.3 Å². The summed E-state index contributed by atoms with van der Waals surface area (Å²) in [4.78, 5) is 16.3. The van der Waals surface area contributed by atoms with Gasteiger partial charge in [0.05, 0.1) is 26.2 Å². The average Bonchev–Trinajstić information content (AvgIpc) is 3.15. The fourth-order valence-corrected chi connectivity index (χ4v) is 2.88. The lowest BCUT2D eigenvalue weighted by molar-refractivity contribution is -0.113. The molecule has 0 fully saturated rings. The molecule has 0 aliphatic carbocycles. The summed E-state index contributed by atoms with van der Waals surface area (Å²) in [6.07, 6.45) is 1.54. The summed E-state index contributed by atoms with van der Waals surface area (Å²) in [6.45, 7) is 0. The highest BCUT2D eigenvalue weighted by Gasteiger charge is 2.11. The van der Waals surface area contributed by atoms with Gasteiger partial charge in [0.25, 0.3) is 5.22 Å². The van der Waals surface area contributed by atoms with E-state index >= 15 is 0 Å². The number of aromatic nitrogens is 1. The summed E-state index contributed by atoms with van der Waals surface area (Å²) in [5.74, 6) is 1.23. The maximum Gasteiger partial charge on any atom is 0.256 e. The van der Waals surface area contributed by atoms with E-state index in [1.807, 2.05) is 0 Å². The van der Waals surface area contributed by atoms with Crippen LogP contribution in [0.25, 0.3) is 11.3 Å². The zero-order chi connectivity index (χ0) is 19.2. The topological polar surface area (TPSA) is 73.6 Å². The summed E-state index contributed by atoms with van der Waals surface area (Å²) < 4.78 is 28.9. The van der Waals surface area contributed by atoms with Crippen LogP contribution >= 0.6 is 11.8 Å². The van der Waals surface area contributed by atoms with Crippen molar-refractivity contribution in [1.82, 2.24) is 4.98 Å². The Hall–Kier alpha value is -3.00. The van der Waals surface area contributed by atoms with Crippen LogP contribution in [0.2, 0.25) is 0 Å². The fourth-order valence-electron chi connectivity index (χ4n) is 2.28. The van der Waals surface area contributed by atoms with Crippen LogP contribution in [0.15, 0.2) is 58.3 Å². The molecule has 0 saturated carbocycles. The number of ether oxygens (including phenoxy) is 2. The number of hydrogen-bond acceptors (Lipinski definition) is 6. The van der Waals surface area contributed by atoms with E-state index in [9.17, 15) is 9.18 Å². The van der Waals surface area contributed by atoms with Gasteiger partial charge in [0.15, 0.2) is 5.76 Å². The third-order valence-electron chi connectivity index (χ3n) is 3.58. The minimum absolute atomic E-state index is 0.114.